The Kier molecular flexibility index (Phi) is 4.83. The number of aliphatic carboxylic acids is 1. The molecule has 4 rings (SSSR count). The first kappa shape index (κ1) is 19.2. The number of urea groups is 1. The van der Waals surface area contributed by atoms with Gasteiger partial charge in [-0.05, 0) is 43.9 Å². The molecule has 8 nitrogen and oxygen atoms in total. The molecule has 2 saturated carbocycles. The minimum Gasteiger partial charge on any atom is -0.480 e. The molecule has 2 aliphatic carbocycles. The van der Waals surface area contributed by atoms with Gasteiger partial charge in [-0.3, -0.25) is 14.5 Å². The number of carboxylic acid groups (broad SMARTS) is 1. The summed E-state index contributed by atoms with van der Waals surface area (Å²) in [6.45, 7) is 1.60. The van der Waals surface area contributed by atoms with Crippen LogP contribution >= 0.6 is 0 Å². The molecule has 0 aromatic carbocycles. The molecular formula is C20H29N3O5. The molecule has 28 heavy (non-hydrogen) atoms. The lowest BCUT2D eigenvalue weighted by Gasteiger charge is -2.37. The SMILES string of the molecule is CC1CCCCC12NC(=O)N(CC(=O)N1C(C(=O)O)CC3CCCCC31)C2=O. The standard InChI is InChI=1S/C20H29N3O5/c1-12-6-4-5-9-20(12)18(27)22(19(28)21-20)11-16(24)23-14-8-3-2-7-13(14)10-15(23)17(25)26/h12-15H,2-11H2,1H3,(H,21,28)(H,25,26). The predicted octanol–water partition coefficient (Wildman–Crippen LogP) is 1.73. The van der Waals surface area contributed by atoms with Crippen molar-refractivity contribution in [2.45, 2.75) is 82.3 Å². The Balaban J connectivity index is 1.53. The van der Waals surface area contributed by atoms with Crippen LogP contribution in [0, 0.1) is 11.8 Å². The summed E-state index contributed by atoms with van der Waals surface area (Å²) in [4.78, 5) is 53.0. The third-order valence-corrected chi connectivity index (χ3v) is 7.46. The van der Waals surface area contributed by atoms with Crippen LogP contribution in [-0.2, 0) is 14.4 Å². The highest BCUT2D eigenvalue weighted by molar-refractivity contribution is 6.09. The third-order valence-electron chi connectivity index (χ3n) is 7.46. The van der Waals surface area contributed by atoms with E-state index in [0.29, 0.717) is 12.8 Å². The predicted molar refractivity (Wildman–Crippen MR) is 99.2 cm³/mol. The highest BCUT2D eigenvalue weighted by Crippen LogP contribution is 2.41. The average molecular weight is 391 g/mol. The first-order valence-electron chi connectivity index (χ1n) is 10.5. The largest absolute Gasteiger partial charge is 0.480 e. The zero-order valence-corrected chi connectivity index (χ0v) is 16.4. The van der Waals surface area contributed by atoms with Crippen LogP contribution in [0.15, 0.2) is 0 Å². The molecule has 2 N–H and O–H groups in total. The number of rotatable bonds is 3. The van der Waals surface area contributed by atoms with E-state index in [1.807, 2.05) is 6.92 Å². The lowest BCUT2D eigenvalue weighted by molar-refractivity contribution is -0.151. The number of likely N-dealkylation sites (tertiary alicyclic amines) is 1. The molecule has 0 aromatic rings. The highest BCUT2D eigenvalue weighted by Gasteiger charge is 2.56. The molecule has 4 aliphatic rings. The fourth-order valence-corrected chi connectivity index (χ4v) is 5.90. The van der Waals surface area contributed by atoms with E-state index in [-0.39, 0.29) is 30.3 Å². The minimum absolute atomic E-state index is 0.0269. The van der Waals surface area contributed by atoms with Gasteiger partial charge in [0.25, 0.3) is 5.91 Å². The van der Waals surface area contributed by atoms with Crippen LogP contribution in [0.2, 0.25) is 0 Å². The van der Waals surface area contributed by atoms with E-state index < -0.39 is 29.5 Å². The van der Waals surface area contributed by atoms with E-state index in [4.69, 9.17) is 0 Å². The summed E-state index contributed by atoms with van der Waals surface area (Å²) in [5.41, 5.74) is -0.903. The van der Waals surface area contributed by atoms with Gasteiger partial charge < -0.3 is 15.3 Å². The molecule has 1 spiro atoms. The topological polar surface area (TPSA) is 107 Å². The number of carbonyl (C=O) groups is 4. The van der Waals surface area contributed by atoms with Crippen LogP contribution in [0.1, 0.15) is 64.7 Å². The quantitative estimate of drug-likeness (QED) is 0.713. The van der Waals surface area contributed by atoms with Gasteiger partial charge in [-0.15, -0.1) is 0 Å². The fraction of sp³-hybridized carbons (Fsp3) is 0.800. The summed E-state index contributed by atoms with van der Waals surface area (Å²) in [5.74, 6) is -1.53. The molecule has 2 heterocycles. The number of carbonyl (C=O) groups excluding carboxylic acids is 3. The van der Waals surface area contributed by atoms with Gasteiger partial charge in [0, 0.05) is 6.04 Å². The molecule has 0 bridgehead atoms. The molecule has 8 heteroatoms. The first-order chi connectivity index (χ1) is 13.3. The van der Waals surface area contributed by atoms with E-state index in [1.165, 1.54) is 4.90 Å². The van der Waals surface area contributed by atoms with Crippen molar-refractivity contribution in [1.29, 1.82) is 0 Å². The second kappa shape index (κ2) is 7.04. The lowest BCUT2D eigenvalue weighted by Crippen LogP contribution is -2.54. The Bertz CT molecular complexity index is 710. The summed E-state index contributed by atoms with van der Waals surface area (Å²) in [6, 6.07) is -1.48. The Morgan fingerprint density at radius 2 is 1.86 bits per heavy atom. The summed E-state index contributed by atoms with van der Waals surface area (Å²) in [7, 11) is 0. The minimum atomic E-state index is -1.00. The Hall–Kier alpha value is -2.12. The van der Waals surface area contributed by atoms with E-state index in [2.05, 4.69) is 5.32 Å². The molecule has 5 atom stereocenters. The monoisotopic (exact) mass is 391 g/mol. The van der Waals surface area contributed by atoms with Crippen molar-refractivity contribution in [3.8, 4) is 0 Å². The van der Waals surface area contributed by atoms with Gasteiger partial charge in [0.2, 0.25) is 5.91 Å². The number of hydrogen-bond acceptors (Lipinski definition) is 4. The maximum Gasteiger partial charge on any atom is 0.326 e. The van der Waals surface area contributed by atoms with Gasteiger partial charge in [-0.2, -0.15) is 0 Å². The van der Waals surface area contributed by atoms with Crippen molar-refractivity contribution in [1.82, 2.24) is 15.1 Å². The first-order valence-corrected chi connectivity index (χ1v) is 10.5. The highest BCUT2D eigenvalue weighted by atomic mass is 16.4. The van der Waals surface area contributed by atoms with Gasteiger partial charge in [-0.1, -0.05) is 32.6 Å². The van der Waals surface area contributed by atoms with Crippen LogP contribution in [0.25, 0.3) is 0 Å². The second-order valence-corrected chi connectivity index (χ2v) is 8.94. The number of carboxylic acids is 1. The van der Waals surface area contributed by atoms with Crippen molar-refractivity contribution in [2.24, 2.45) is 11.8 Å². The van der Waals surface area contributed by atoms with E-state index in [0.717, 1.165) is 49.8 Å². The molecule has 4 fully saturated rings. The van der Waals surface area contributed by atoms with E-state index in [9.17, 15) is 24.3 Å². The number of imide groups is 1. The molecule has 0 radical (unpaired) electrons. The van der Waals surface area contributed by atoms with Gasteiger partial charge >= 0.3 is 12.0 Å². The van der Waals surface area contributed by atoms with Crippen molar-refractivity contribution in [2.75, 3.05) is 6.54 Å². The fourth-order valence-electron chi connectivity index (χ4n) is 5.90. The smallest absolute Gasteiger partial charge is 0.326 e. The van der Waals surface area contributed by atoms with Crippen molar-refractivity contribution in [3.63, 3.8) is 0 Å². The van der Waals surface area contributed by atoms with Crippen molar-refractivity contribution in [3.05, 3.63) is 0 Å². The maximum atomic E-state index is 13.1. The van der Waals surface area contributed by atoms with Crippen LogP contribution in [0.4, 0.5) is 4.79 Å². The Morgan fingerprint density at radius 1 is 1.14 bits per heavy atom. The second-order valence-electron chi connectivity index (χ2n) is 8.94. The van der Waals surface area contributed by atoms with Crippen LogP contribution in [0.3, 0.4) is 0 Å². The summed E-state index contributed by atoms with van der Waals surface area (Å²) in [5, 5.41) is 12.5. The molecular weight excluding hydrogens is 362 g/mol. The molecule has 2 saturated heterocycles. The Morgan fingerprint density at radius 3 is 2.57 bits per heavy atom. The summed E-state index contributed by atoms with van der Waals surface area (Å²) >= 11 is 0. The van der Waals surface area contributed by atoms with Gasteiger partial charge in [0.05, 0.1) is 0 Å². The van der Waals surface area contributed by atoms with Gasteiger partial charge in [-0.25, -0.2) is 9.59 Å². The zero-order valence-electron chi connectivity index (χ0n) is 16.4. The molecule has 5 unspecified atom stereocenters. The molecule has 0 aromatic heterocycles. The summed E-state index contributed by atoms with van der Waals surface area (Å²) < 4.78 is 0. The van der Waals surface area contributed by atoms with Crippen molar-refractivity contribution < 1.29 is 24.3 Å². The molecule has 2 aliphatic heterocycles. The molecule has 4 amide bonds. The van der Waals surface area contributed by atoms with E-state index >= 15 is 0 Å². The zero-order chi connectivity index (χ0) is 20.1. The van der Waals surface area contributed by atoms with Crippen LogP contribution in [-0.4, -0.2) is 62.9 Å². The van der Waals surface area contributed by atoms with E-state index in [1.54, 1.807) is 0 Å². The average Bonchev–Trinajstić information content (AvgIpc) is 3.16. The van der Waals surface area contributed by atoms with Gasteiger partial charge in [0.15, 0.2) is 0 Å². The third kappa shape index (κ3) is 2.88. The molecule has 154 valence electrons. The van der Waals surface area contributed by atoms with Crippen molar-refractivity contribution >= 4 is 23.8 Å². The van der Waals surface area contributed by atoms with Crippen LogP contribution < -0.4 is 5.32 Å². The Labute approximate surface area is 164 Å². The van der Waals surface area contributed by atoms with Crippen LogP contribution in [0.5, 0.6) is 0 Å². The summed E-state index contributed by atoms with van der Waals surface area (Å²) in [6.07, 6.45) is 7.58. The number of nitrogens with zero attached hydrogens (tertiary/aromatic N) is 2. The lowest BCUT2D eigenvalue weighted by atomic mass is 9.73. The number of nitrogens with one attached hydrogen (secondary N) is 1. The number of amides is 4. The normalized spacial score (nSPS) is 37.9. The van der Waals surface area contributed by atoms with Gasteiger partial charge in [0.1, 0.15) is 18.1 Å². The number of fused-ring (bicyclic) bond motifs is 1. The maximum absolute atomic E-state index is 13.1. The number of hydrogen-bond donors (Lipinski definition) is 2.